The second-order valence-electron chi connectivity index (χ2n) is 3.10. The minimum absolute atomic E-state index is 0.184. The fourth-order valence-corrected chi connectivity index (χ4v) is 1.27. The van der Waals surface area contributed by atoms with Crippen molar-refractivity contribution in [2.75, 3.05) is 0 Å². The highest BCUT2D eigenvalue weighted by atomic mass is 19.1. The Kier molecular flexibility index (Phi) is 2.64. The van der Waals surface area contributed by atoms with Crippen molar-refractivity contribution in [3.63, 3.8) is 0 Å². The van der Waals surface area contributed by atoms with Crippen molar-refractivity contribution in [1.29, 1.82) is 0 Å². The summed E-state index contributed by atoms with van der Waals surface area (Å²) in [6.07, 6.45) is 1.57. The summed E-state index contributed by atoms with van der Waals surface area (Å²) in [5.41, 5.74) is 1.65. The highest BCUT2D eigenvalue weighted by Crippen LogP contribution is 2.22. The standard InChI is InChI=1S/C11H13F/c1-4-9-10(8(2)3)6-5-7-11(9)12/h4-8H,1H2,2-3H3. The summed E-state index contributed by atoms with van der Waals surface area (Å²) in [7, 11) is 0. The van der Waals surface area contributed by atoms with Crippen LogP contribution in [0.25, 0.3) is 6.08 Å². The molecule has 0 heterocycles. The molecule has 64 valence electrons. The fourth-order valence-electron chi connectivity index (χ4n) is 1.27. The third-order valence-electron chi connectivity index (χ3n) is 1.91. The number of benzene rings is 1. The predicted octanol–water partition coefficient (Wildman–Crippen LogP) is 3.59. The van der Waals surface area contributed by atoms with Crippen molar-refractivity contribution >= 4 is 6.08 Å². The molecule has 0 saturated carbocycles. The van der Waals surface area contributed by atoms with Crippen molar-refractivity contribution < 1.29 is 4.39 Å². The van der Waals surface area contributed by atoms with E-state index in [9.17, 15) is 4.39 Å². The molecule has 1 rings (SSSR count). The number of rotatable bonds is 2. The molecule has 0 aliphatic rings. The molecule has 0 spiro atoms. The highest BCUT2D eigenvalue weighted by molar-refractivity contribution is 5.53. The first-order valence-corrected chi connectivity index (χ1v) is 4.07. The van der Waals surface area contributed by atoms with Gasteiger partial charge in [0.15, 0.2) is 0 Å². The van der Waals surface area contributed by atoms with E-state index in [-0.39, 0.29) is 5.82 Å². The van der Waals surface area contributed by atoms with Crippen LogP contribution < -0.4 is 0 Å². The Hall–Kier alpha value is -1.11. The van der Waals surface area contributed by atoms with Gasteiger partial charge in [-0.25, -0.2) is 4.39 Å². The zero-order valence-electron chi connectivity index (χ0n) is 7.47. The second-order valence-corrected chi connectivity index (χ2v) is 3.10. The van der Waals surface area contributed by atoms with Crippen LogP contribution in [0.15, 0.2) is 24.8 Å². The van der Waals surface area contributed by atoms with E-state index in [0.29, 0.717) is 11.5 Å². The van der Waals surface area contributed by atoms with Crippen LogP contribution in [0.1, 0.15) is 30.9 Å². The lowest BCUT2D eigenvalue weighted by Crippen LogP contribution is -1.94. The molecule has 1 aromatic carbocycles. The maximum atomic E-state index is 13.1. The largest absolute Gasteiger partial charge is 0.206 e. The van der Waals surface area contributed by atoms with E-state index in [1.807, 2.05) is 19.9 Å². The predicted molar refractivity (Wildman–Crippen MR) is 50.6 cm³/mol. The molecule has 0 aliphatic carbocycles. The number of hydrogen-bond acceptors (Lipinski definition) is 0. The molecule has 0 radical (unpaired) electrons. The van der Waals surface area contributed by atoms with E-state index >= 15 is 0 Å². The van der Waals surface area contributed by atoms with Crippen LogP contribution in [0.2, 0.25) is 0 Å². The summed E-state index contributed by atoms with van der Waals surface area (Å²) in [6.45, 7) is 7.68. The Morgan fingerprint density at radius 2 is 2.08 bits per heavy atom. The molecule has 0 aliphatic heterocycles. The van der Waals surface area contributed by atoms with Gasteiger partial charge in [-0.3, -0.25) is 0 Å². The van der Waals surface area contributed by atoms with Gasteiger partial charge in [0.2, 0.25) is 0 Å². The quantitative estimate of drug-likeness (QED) is 0.626. The fraction of sp³-hybridized carbons (Fsp3) is 0.273. The average molecular weight is 164 g/mol. The number of halogens is 1. The molecule has 1 aromatic rings. The first kappa shape index (κ1) is 8.98. The Morgan fingerprint density at radius 3 is 2.50 bits per heavy atom. The van der Waals surface area contributed by atoms with Crippen LogP contribution in [-0.2, 0) is 0 Å². The zero-order chi connectivity index (χ0) is 9.14. The molecule has 12 heavy (non-hydrogen) atoms. The van der Waals surface area contributed by atoms with Crippen LogP contribution in [-0.4, -0.2) is 0 Å². The summed E-state index contributed by atoms with van der Waals surface area (Å²) in [6, 6.07) is 5.13. The second kappa shape index (κ2) is 3.53. The summed E-state index contributed by atoms with van der Waals surface area (Å²) in [4.78, 5) is 0. The monoisotopic (exact) mass is 164 g/mol. The van der Waals surface area contributed by atoms with E-state index in [2.05, 4.69) is 6.58 Å². The molecule has 0 aromatic heterocycles. The Balaban J connectivity index is 3.27. The van der Waals surface area contributed by atoms with E-state index in [4.69, 9.17) is 0 Å². The maximum Gasteiger partial charge on any atom is 0.130 e. The molecule has 0 atom stereocenters. The van der Waals surface area contributed by atoms with Gasteiger partial charge < -0.3 is 0 Å². The summed E-state index contributed by atoms with van der Waals surface area (Å²) < 4.78 is 13.1. The third kappa shape index (κ3) is 1.55. The maximum absolute atomic E-state index is 13.1. The van der Waals surface area contributed by atoms with Gasteiger partial charge in [0.05, 0.1) is 0 Å². The number of hydrogen-bond donors (Lipinski definition) is 0. The van der Waals surface area contributed by atoms with Gasteiger partial charge in [-0.1, -0.05) is 38.6 Å². The lowest BCUT2D eigenvalue weighted by atomic mass is 9.97. The van der Waals surface area contributed by atoms with E-state index in [0.717, 1.165) is 5.56 Å². The normalized spacial score (nSPS) is 10.3. The molecular formula is C11H13F. The van der Waals surface area contributed by atoms with Crippen LogP contribution in [0.3, 0.4) is 0 Å². The Labute approximate surface area is 72.7 Å². The SMILES string of the molecule is C=Cc1c(F)cccc1C(C)C. The minimum Gasteiger partial charge on any atom is -0.206 e. The van der Waals surface area contributed by atoms with Crippen molar-refractivity contribution in [3.8, 4) is 0 Å². The van der Waals surface area contributed by atoms with E-state index in [1.54, 1.807) is 12.1 Å². The summed E-state index contributed by atoms with van der Waals surface area (Å²) in [5.74, 6) is 0.157. The smallest absolute Gasteiger partial charge is 0.130 e. The Morgan fingerprint density at radius 1 is 1.42 bits per heavy atom. The lowest BCUT2D eigenvalue weighted by molar-refractivity contribution is 0.620. The Bertz CT molecular complexity index is 287. The van der Waals surface area contributed by atoms with Crippen molar-refractivity contribution in [2.45, 2.75) is 19.8 Å². The molecule has 1 heteroatoms. The molecule has 0 saturated heterocycles. The van der Waals surface area contributed by atoms with Gasteiger partial charge in [0.1, 0.15) is 5.82 Å². The minimum atomic E-state index is -0.184. The van der Waals surface area contributed by atoms with Crippen molar-refractivity contribution in [1.82, 2.24) is 0 Å². The van der Waals surface area contributed by atoms with Crippen LogP contribution in [0.5, 0.6) is 0 Å². The molecule has 0 N–H and O–H groups in total. The van der Waals surface area contributed by atoms with Crippen LogP contribution >= 0.6 is 0 Å². The van der Waals surface area contributed by atoms with Crippen LogP contribution in [0, 0.1) is 5.82 Å². The van der Waals surface area contributed by atoms with Crippen molar-refractivity contribution in [3.05, 3.63) is 41.7 Å². The third-order valence-corrected chi connectivity index (χ3v) is 1.91. The van der Waals surface area contributed by atoms with Crippen LogP contribution in [0.4, 0.5) is 4.39 Å². The van der Waals surface area contributed by atoms with Crippen molar-refractivity contribution in [2.24, 2.45) is 0 Å². The zero-order valence-corrected chi connectivity index (χ0v) is 7.47. The lowest BCUT2D eigenvalue weighted by Gasteiger charge is -2.09. The van der Waals surface area contributed by atoms with Gasteiger partial charge in [-0.15, -0.1) is 0 Å². The van der Waals surface area contributed by atoms with Gasteiger partial charge in [-0.2, -0.15) is 0 Å². The molecule has 0 fully saturated rings. The van der Waals surface area contributed by atoms with Gasteiger partial charge in [0.25, 0.3) is 0 Å². The highest BCUT2D eigenvalue weighted by Gasteiger charge is 2.07. The first-order chi connectivity index (χ1) is 5.66. The first-order valence-electron chi connectivity index (χ1n) is 4.07. The van der Waals surface area contributed by atoms with E-state index in [1.165, 1.54) is 6.07 Å². The topological polar surface area (TPSA) is 0 Å². The summed E-state index contributed by atoms with van der Waals surface area (Å²) in [5, 5.41) is 0. The van der Waals surface area contributed by atoms with Gasteiger partial charge >= 0.3 is 0 Å². The van der Waals surface area contributed by atoms with E-state index < -0.39 is 0 Å². The molecular weight excluding hydrogens is 151 g/mol. The molecule has 0 nitrogen and oxygen atoms in total. The van der Waals surface area contributed by atoms with Gasteiger partial charge in [0, 0.05) is 5.56 Å². The van der Waals surface area contributed by atoms with Gasteiger partial charge in [-0.05, 0) is 17.5 Å². The summed E-state index contributed by atoms with van der Waals surface area (Å²) >= 11 is 0. The molecule has 0 unspecified atom stereocenters. The average Bonchev–Trinajstić information content (AvgIpc) is 2.03. The molecule has 0 amide bonds. The molecule has 0 bridgehead atoms.